The first kappa shape index (κ1) is 16.8. The summed E-state index contributed by atoms with van der Waals surface area (Å²) < 4.78 is 29.1. The van der Waals surface area contributed by atoms with Crippen LogP contribution in [0, 0.1) is 11.6 Å². The number of fused-ring (bicyclic) bond motifs is 1. The highest BCUT2D eigenvalue weighted by Crippen LogP contribution is 2.31. The maximum absolute atomic E-state index is 14.3. The lowest BCUT2D eigenvalue weighted by Crippen LogP contribution is -2.42. The smallest absolute Gasteiger partial charge is 0.194 e. The molecule has 0 saturated carbocycles. The van der Waals surface area contributed by atoms with Crippen molar-refractivity contribution >= 4 is 16.6 Å². The number of hydrogen-bond donors (Lipinski definition) is 2. The Hall–Kier alpha value is -2.67. The van der Waals surface area contributed by atoms with E-state index in [9.17, 15) is 19.0 Å². The minimum absolute atomic E-state index is 0.0330. The molecule has 2 heterocycles. The highest BCUT2D eigenvalue weighted by Gasteiger charge is 2.27. The molecule has 3 aromatic rings. The van der Waals surface area contributed by atoms with Crippen molar-refractivity contribution in [3.05, 3.63) is 48.2 Å². The van der Waals surface area contributed by atoms with Gasteiger partial charge in [0.25, 0.3) is 0 Å². The van der Waals surface area contributed by atoms with E-state index in [4.69, 9.17) is 0 Å². The average molecular weight is 359 g/mol. The summed E-state index contributed by atoms with van der Waals surface area (Å²) in [5.74, 6) is -3.04. The molecule has 1 aliphatic rings. The summed E-state index contributed by atoms with van der Waals surface area (Å²) in [6.45, 7) is 3.38. The number of phenols is 1. The molecule has 26 heavy (non-hydrogen) atoms. The Kier molecular flexibility index (Phi) is 3.84. The molecule has 2 aromatic carbocycles. The molecular formula is C19H19F2N3O2. The fourth-order valence-electron chi connectivity index (χ4n) is 3.36. The number of piperidine rings is 1. The van der Waals surface area contributed by atoms with Crippen molar-refractivity contribution in [2.45, 2.75) is 25.4 Å². The highest BCUT2D eigenvalue weighted by molar-refractivity contribution is 5.82. The van der Waals surface area contributed by atoms with Crippen molar-refractivity contribution in [2.75, 3.05) is 18.0 Å². The van der Waals surface area contributed by atoms with Gasteiger partial charge in [-0.3, -0.25) is 0 Å². The minimum Gasteiger partial charge on any atom is -0.503 e. The summed E-state index contributed by atoms with van der Waals surface area (Å²) in [5.41, 5.74) is 1.04. The van der Waals surface area contributed by atoms with Crippen LogP contribution in [-0.2, 0) is 0 Å². The topological polar surface area (TPSA) is 61.5 Å². The number of aromatic hydroxyl groups is 1. The number of phenolic OH excluding ortho intramolecular Hbond substituents is 1. The van der Waals surface area contributed by atoms with Crippen molar-refractivity contribution in [3.8, 4) is 11.4 Å². The molecule has 2 N–H and O–H groups in total. The molecule has 0 aliphatic carbocycles. The second-order valence-electron chi connectivity index (χ2n) is 7.02. The summed E-state index contributed by atoms with van der Waals surface area (Å²) in [6.07, 6.45) is 2.77. The zero-order valence-corrected chi connectivity index (χ0v) is 14.3. The van der Waals surface area contributed by atoms with Gasteiger partial charge in [0.2, 0.25) is 0 Å². The van der Waals surface area contributed by atoms with Crippen LogP contribution >= 0.6 is 0 Å². The van der Waals surface area contributed by atoms with Gasteiger partial charge in [-0.25, -0.2) is 13.5 Å². The van der Waals surface area contributed by atoms with E-state index in [1.165, 1.54) is 10.9 Å². The molecule has 0 bridgehead atoms. The molecule has 5 nitrogen and oxygen atoms in total. The molecule has 1 aliphatic heterocycles. The number of aliphatic hydroxyl groups is 1. The standard InChI is InChI=1S/C19H19F2N3O2/c1-19(26)6-8-23(9-7-19)13-2-4-14(5-3-13)24-17-12(11-22-24)10-15(20)18(25)16(17)21/h2-5,10-11,25-26H,6-9H2,1H3. The first-order valence-corrected chi connectivity index (χ1v) is 8.48. The van der Waals surface area contributed by atoms with Gasteiger partial charge < -0.3 is 15.1 Å². The summed E-state index contributed by atoms with van der Waals surface area (Å²) in [4.78, 5) is 2.19. The number of benzene rings is 2. The predicted molar refractivity (Wildman–Crippen MR) is 94.7 cm³/mol. The fraction of sp³-hybridized carbons (Fsp3) is 0.316. The quantitative estimate of drug-likeness (QED) is 0.737. The van der Waals surface area contributed by atoms with E-state index in [0.29, 0.717) is 18.5 Å². The molecule has 1 saturated heterocycles. The van der Waals surface area contributed by atoms with Gasteiger partial charge in [0.15, 0.2) is 17.4 Å². The van der Waals surface area contributed by atoms with Gasteiger partial charge in [0, 0.05) is 24.2 Å². The second kappa shape index (κ2) is 5.95. The summed E-state index contributed by atoms with van der Waals surface area (Å²) in [5, 5.41) is 24.0. The lowest BCUT2D eigenvalue weighted by Gasteiger charge is -2.37. The van der Waals surface area contributed by atoms with Crippen molar-refractivity contribution in [2.24, 2.45) is 0 Å². The third-order valence-corrected chi connectivity index (χ3v) is 5.02. The monoisotopic (exact) mass is 359 g/mol. The van der Waals surface area contributed by atoms with Crippen molar-refractivity contribution < 1.29 is 19.0 Å². The molecule has 0 amide bonds. The largest absolute Gasteiger partial charge is 0.503 e. The Morgan fingerprint density at radius 3 is 2.35 bits per heavy atom. The van der Waals surface area contributed by atoms with E-state index in [1.807, 2.05) is 19.1 Å². The van der Waals surface area contributed by atoms with Gasteiger partial charge in [0.05, 0.1) is 17.5 Å². The van der Waals surface area contributed by atoms with Gasteiger partial charge in [-0.2, -0.15) is 5.10 Å². The number of nitrogens with zero attached hydrogens (tertiary/aromatic N) is 3. The van der Waals surface area contributed by atoms with Crippen LogP contribution in [0.2, 0.25) is 0 Å². The Bertz CT molecular complexity index is 957. The fourth-order valence-corrected chi connectivity index (χ4v) is 3.36. The number of rotatable bonds is 2. The summed E-state index contributed by atoms with van der Waals surface area (Å²) >= 11 is 0. The van der Waals surface area contributed by atoms with Crippen LogP contribution in [-0.4, -0.2) is 38.7 Å². The predicted octanol–water partition coefficient (Wildman–Crippen LogP) is 3.36. The summed E-state index contributed by atoms with van der Waals surface area (Å²) in [7, 11) is 0. The van der Waals surface area contributed by atoms with E-state index < -0.39 is 23.0 Å². The van der Waals surface area contributed by atoms with Gasteiger partial charge in [0.1, 0.15) is 5.52 Å². The maximum Gasteiger partial charge on any atom is 0.194 e. The van der Waals surface area contributed by atoms with Gasteiger partial charge in [-0.1, -0.05) is 0 Å². The second-order valence-corrected chi connectivity index (χ2v) is 7.02. The van der Waals surface area contributed by atoms with Crippen molar-refractivity contribution in [1.29, 1.82) is 0 Å². The molecular weight excluding hydrogens is 340 g/mol. The molecule has 0 radical (unpaired) electrons. The van der Waals surface area contributed by atoms with Crippen molar-refractivity contribution in [3.63, 3.8) is 0 Å². The zero-order chi connectivity index (χ0) is 18.5. The SMILES string of the molecule is CC1(O)CCN(c2ccc(-n3ncc4cc(F)c(O)c(F)c43)cc2)CC1. The molecule has 1 aromatic heterocycles. The maximum atomic E-state index is 14.3. The van der Waals surface area contributed by atoms with Crippen molar-refractivity contribution in [1.82, 2.24) is 9.78 Å². The normalized spacial score (nSPS) is 17.0. The molecule has 1 fully saturated rings. The van der Waals surface area contributed by atoms with Crippen LogP contribution in [0.25, 0.3) is 16.6 Å². The van der Waals surface area contributed by atoms with E-state index in [-0.39, 0.29) is 10.9 Å². The van der Waals surface area contributed by atoms with E-state index in [1.54, 1.807) is 12.1 Å². The van der Waals surface area contributed by atoms with Crippen LogP contribution in [0.1, 0.15) is 19.8 Å². The third-order valence-electron chi connectivity index (χ3n) is 5.02. The molecule has 4 rings (SSSR count). The van der Waals surface area contributed by atoms with Gasteiger partial charge in [-0.05, 0) is 50.1 Å². The van der Waals surface area contributed by atoms with Gasteiger partial charge in [-0.15, -0.1) is 0 Å². The average Bonchev–Trinajstić information content (AvgIpc) is 3.04. The summed E-state index contributed by atoms with van der Waals surface area (Å²) in [6, 6.07) is 8.47. The number of aromatic nitrogens is 2. The van der Waals surface area contributed by atoms with Crippen LogP contribution in [0.15, 0.2) is 36.5 Å². The van der Waals surface area contributed by atoms with Crippen LogP contribution in [0.3, 0.4) is 0 Å². The van der Waals surface area contributed by atoms with Crippen LogP contribution < -0.4 is 4.90 Å². The number of hydrogen-bond acceptors (Lipinski definition) is 4. The van der Waals surface area contributed by atoms with E-state index in [2.05, 4.69) is 10.00 Å². The number of halogens is 2. The van der Waals surface area contributed by atoms with Crippen LogP contribution in [0.5, 0.6) is 5.75 Å². The minimum atomic E-state index is -1.03. The third kappa shape index (κ3) is 2.78. The van der Waals surface area contributed by atoms with Gasteiger partial charge >= 0.3 is 0 Å². The lowest BCUT2D eigenvalue weighted by molar-refractivity contribution is 0.0351. The first-order chi connectivity index (χ1) is 12.4. The molecule has 0 atom stereocenters. The lowest BCUT2D eigenvalue weighted by atomic mass is 9.93. The number of anilines is 1. The Morgan fingerprint density at radius 1 is 1.08 bits per heavy atom. The first-order valence-electron chi connectivity index (χ1n) is 8.48. The Balaban J connectivity index is 1.66. The molecule has 0 spiro atoms. The highest BCUT2D eigenvalue weighted by atomic mass is 19.1. The Morgan fingerprint density at radius 2 is 1.69 bits per heavy atom. The molecule has 7 heteroatoms. The zero-order valence-electron chi connectivity index (χ0n) is 14.3. The molecule has 136 valence electrons. The Labute approximate surface area is 149 Å². The van der Waals surface area contributed by atoms with E-state index in [0.717, 1.165) is 24.8 Å². The van der Waals surface area contributed by atoms with Crippen LogP contribution in [0.4, 0.5) is 14.5 Å². The van der Waals surface area contributed by atoms with E-state index >= 15 is 0 Å². The molecule has 0 unspecified atom stereocenters.